The van der Waals surface area contributed by atoms with Crippen LogP contribution in [0.15, 0.2) is 52.5 Å². The second-order valence-corrected chi connectivity index (χ2v) is 6.86. The summed E-state index contributed by atoms with van der Waals surface area (Å²) in [5.41, 5.74) is 3.30. The molecule has 0 bridgehead atoms. The zero-order valence-corrected chi connectivity index (χ0v) is 18.2. The molecule has 8 heteroatoms. The van der Waals surface area contributed by atoms with Crippen molar-refractivity contribution in [1.29, 1.82) is 5.26 Å². The highest BCUT2D eigenvalue weighted by Gasteiger charge is 2.17. The lowest BCUT2D eigenvalue weighted by atomic mass is 10.1. The summed E-state index contributed by atoms with van der Waals surface area (Å²) in [4.78, 5) is 23.9. The molecule has 0 N–H and O–H groups in total. The molecule has 32 heavy (non-hydrogen) atoms. The number of aromatic nitrogens is 1. The zero-order valence-electron chi connectivity index (χ0n) is 18.2. The van der Waals surface area contributed by atoms with Crippen LogP contribution in [0.2, 0.25) is 0 Å². The Balaban J connectivity index is 1.78. The van der Waals surface area contributed by atoms with Crippen LogP contribution < -0.4 is 4.74 Å². The minimum atomic E-state index is -0.794. The minimum absolute atomic E-state index is 0.000527. The van der Waals surface area contributed by atoms with Crippen molar-refractivity contribution in [3.63, 3.8) is 0 Å². The van der Waals surface area contributed by atoms with Gasteiger partial charge in [0.15, 0.2) is 0 Å². The maximum absolute atomic E-state index is 12.4. The fraction of sp³-hybridized carbons (Fsp3) is 0.208. The van der Waals surface area contributed by atoms with Crippen molar-refractivity contribution >= 4 is 18.0 Å². The molecule has 0 radical (unpaired) electrons. The maximum atomic E-state index is 12.4. The topological polar surface area (TPSA) is 104 Å². The van der Waals surface area contributed by atoms with Crippen molar-refractivity contribution in [1.82, 2.24) is 4.57 Å². The largest absolute Gasteiger partial charge is 0.497 e. The number of esters is 2. The number of benzene rings is 1. The van der Waals surface area contributed by atoms with Gasteiger partial charge < -0.3 is 23.2 Å². The van der Waals surface area contributed by atoms with Crippen molar-refractivity contribution in [2.45, 2.75) is 20.5 Å². The van der Waals surface area contributed by atoms with Crippen LogP contribution in [0.25, 0.3) is 11.8 Å². The molecule has 3 aromatic rings. The number of aryl methyl sites for hydroxylation is 1. The molecule has 8 nitrogen and oxygen atoms in total. The van der Waals surface area contributed by atoms with Gasteiger partial charge in [-0.25, -0.2) is 9.59 Å². The summed E-state index contributed by atoms with van der Waals surface area (Å²) in [6, 6.07) is 14.3. The summed E-state index contributed by atoms with van der Waals surface area (Å²) in [5, 5.41) is 9.48. The van der Waals surface area contributed by atoms with Crippen molar-refractivity contribution in [3.05, 3.63) is 76.5 Å². The van der Waals surface area contributed by atoms with Crippen LogP contribution in [0, 0.1) is 25.2 Å². The molecule has 164 valence electrons. The molecule has 0 amide bonds. The number of methoxy groups -OCH3 is 2. The summed E-state index contributed by atoms with van der Waals surface area (Å²) in [7, 11) is 2.84. The monoisotopic (exact) mass is 434 g/mol. The van der Waals surface area contributed by atoms with Gasteiger partial charge in [-0.1, -0.05) is 0 Å². The van der Waals surface area contributed by atoms with Crippen molar-refractivity contribution in [3.8, 4) is 17.5 Å². The lowest BCUT2D eigenvalue weighted by Crippen LogP contribution is -2.06. The third-order valence-corrected chi connectivity index (χ3v) is 4.83. The number of rotatable bonds is 7. The van der Waals surface area contributed by atoms with Gasteiger partial charge in [0.25, 0.3) is 0 Å². The van der Waals surface area contributed by atoms with E-state index in [1.165, 1.54) is 25.3 Å². The summed E-state index contributed by atoms with van der Waals surface area (Å²) in [6.45, 7) is 3.62. The second-order valence-electron chi connectivity index (χ2n) is 6.86. The van der Waals surface area contributed by atoms with Gasteiger partial charge in [-0.2, -0.15) is 5.26 Å². The molecule has 0 atom stereocenters. The summed E-state index contributed by atoms with van der Waals surface area (Å²) >= 11 is 0. The van der Waals surface area contributed by atoms with Crippen LogP contribution in [0.3, 0.4) is 0 Å². The number of nitrogens with zero attached hydrogens (tertiary/aromatic N) is 2. The van der Waals surface area contributed by atoms with E-state index in [9.17, 15) is 14.9 Å². The van der Waals surface area contributed by atoms with E-state index in [0.29, 0.717) is 0 Å². The average Bonchev–Trinajstić information content (AvgIpc) is 3.39. The smallest absolute Gasteiger partial charge is 0.373 e. The van der Waals surface area contributed by atoms with Gasteiger partial charge in [0, 0.05) is 17.1 Å². The molecule has 2 heterocycles. The molecule has 0 unspecified atom stereocenters. The van der Waals surface area contributed by atoms with Gasteiger partial charge in [0.1, 0.15) is 29.8 Å². The predicted molar refractivity (Wildman–Crippen MR) is 115 cm³/mol. The highest BCUT2D eigenvalue weighted by atomic mass is 16.6. The van der Waals surface area contributed by atoms with E-state index in [4.69, 9.17) is 13.9 Å². The Labute approximate surface area is 185 Å². The van der Waals surface area contributed by atoms with E-state index < -0.39 is 11.9 Å². The van der Waals surface area contributed by atoms with Crippen LogP contribution in [0.5, 0.6) is 5.75 Å². The summed E-state index contributed by atoms with van der Waals surface area (Å²) < 4.78 is 22.2. The molecule has 0 saturated heterocycles. The summed E-state index contributed by atoms with van der Waals surface area (Å²) in [5.74, 6) is -0.416. The number of furan rings is 1. The number of ether oxygens (including phenoxy) is 3. The fourth-order valence-corrected chi connectivity index (χ4v) is 3.23. The first-order chi connectivity index (χ1) is 15.4. The first kappa shape index (κ1) is 22.4. The quantitative estimate of drug-likeness (QED) is 0.313. The van der Waals surface area contributed by atoms with Gasteiger partial charge in [-0.05, 0) is 68.0 Å². The third-order valence-electron chi connectivity index (χ3n) is 4.83. The normalized spacial score (nSPS) is 11.0. The molecule has 2 aromatic heterocycles. The first-order valence-corrected chi connectivity index (χ1v) is 9.67. The molecule has 1 aromatic carbocycles. The molecule has 0 spiro atoms. The van der Waals surface area contributed by atoms with Crippen molar-refractivity contribution in [2.24, 2.45) is 0 Å². The standard InChI is InChI=1S/C24H22N2O6/c1-15-11-17(16(2)26(15)19-5-7-20(29-3)8-6-19)12-18(13-25)23(27)31-14-21-9-10-22(32-21)24(28)30-4/h5-12H,14H2,1-4H3/b18-12+. The van der Waals surface area contributed by atoms with E-state index in [1.807, 2.05) is 54.8 Å². The maximum Gasteiger partial charge on any atom is 0.373 e. The highest BCUT2D eigenvalue weighted by molar-refractivity contribution is 5.98. The Morgan fingerprint density at radius 3 is 2.47 bits per heavy atom. The molecule has 0 aliphatic carbocycles. The van der Waals surface area contributed by atoms with Gasteiger partial charge in [0.2, 0.25) is 5.76 Å². The summed E-state index contributed by atoms with van der Waals surface area (Å²) in [6.07, 6.45) is 1.49. The van der Waals surface area contributed by atoms with Crippen LogP contribution in [-0.2, 0) is 20.9 Å². The Kier molecular flexibility index (Phi) is 6.80. The predicted octanol–water partition coefficient (Wildman–Crippen LogP) is 4.13. The van der Waals surface area contributed by atoms with E-state index in [1.54, 1.807) is 7.11 Å². The first-order valence-electron chi connectivity index (χ1n) is 9.67. The molecule has 0 aliphatic rings. The fourth-order valence-electron chi connectivity index (χ4n) is 3.23. The van der Waals surface area contributed by atoms with Crippen molar-refractivity contribution in [2.75, 3.05) is 14.2 Å². The minimum Gasteiger partial charge on any atom is -0.497 e. The second kappa shape index (κ2) is 9.71. The molecule has 3 rings (SSSR count). The molecular formula is C24H22N2O6. The van der Waals surface area contributed by atoms with E-state index in [2.05, 4.69) is 4.74 Å². The highest BCUT2D eigenvalue weighted by Crippen LogP contribution is 2.24. The average molecular weight is 434 g/mol. The van der Waals surface area contributed by atoms with E-state index >= 15 is 0 Å². The van der Waals surface area contributed by atoms with Gasteiger partial charge in [-0.15, -0.1) is 0 Å². The molecule has 0 aliphatic heterocycles. The van der Waals surface area contributed by atoms with Crippen LogP contribution in [0.4, 0.5) is 0 Å². The van der Waals surface area contributed by atoms with Gasteiger partial charge in [0.05, 0.1) is 14.2 Å². The van der Waals surface area contributed by atoms with Crippen LogP contribution in [0.1, 0.15) is 33.3 Å². The number of hydrogen-bond donors (Lipinski definition) is 0. The third kappa shape index (κ3) is 4.73. The number of carbonyl (C=O) groups excluding carboxylic acids is 2. The van der Waals surface area contributed by atoms with E-state index in [0.717, 1.165) is 28.4 Å². The number of hydrogen-bond acceptors (Lipinski definition) is 7. The lowest BCUT2D eigenvalue weighted by Gasteiger charge is -2.10. The van der Waals surface area contributed by atoms with E-state index in [-0.39, 0.29) is 23.7 Å². The zero-order chi connectivity index (χ0) is 23.3. The Bertz CT molecular complexity index is 1210. The Morgan fingerprint density at radius 2 is 1.84 bits per heavy atom. The van der Waals surface area contributed by atoms with Gasteiger partial charge >= 0.3 is 11.9 Å². The number of nitriles is 1. The Hall–Kier alpha value is -4.25. The number of carbonyl (C=O) groups is 2. The van der Waals surface area contributed by atoms with Gasteiger partial charge in [-0.3, -0.25) is 0 Å². The Morgan fingerprint density at radius 1 is 1.12 bits per heavy atom. The molecular weight excluding hydrogens is 412 g/mol. The molecule has 0 saturated carbocycles. The lowest BCUT2D eigenvalue weighted by molar-refractivity contribution is -0.140. The van der Waals surface area contributed by atoms with Crippen LogP contribution >= 0.6 is 0 Å². The van der Waals surface area contributed by atoms with Crippen LogP contribution in [-0.4, -0.2) is 30.7 Å². The van der Waals surface area contributed by atoms with Crippen molar-refractivity contribution < 1.29 is 28.2 Å². The SMILES string of the molecule is COC(=O)c1ccc(COC(=O)/C(C#N)=C/c2cc(C)n(-c3ccc(OC)cc3)c2C)o1. The molecule has 0 fully saturated rings.